The molecule has 0 saturated heterocycles. The Kier molecular flexibility index (Phi) is 3.05. The van der Waals surface area contributed by atoms with Crippen LogP contribution in [0.1, 0.15) is 39.0 Å². The molecule has 3 heteroatoms. The zero-order valence-corrected chi connectivity index (χ0v) is 9.59. The van der Waals surface area contributed by atoms with Gasteiger partial charge in [0.25, 0.3) is 0 Å². The van der Waals surface area contributed by atoms with E-state index in [1.165, 1.54) is 25.7 Å². The second-order valence-electron chi connectivity index (χ2n) is 4.57. The van der Waals surface area contributed by atoms with Gasteiger partial charge in [-0.3, -0.25) is 4.79 Å². The maximum absolute atomic E-state index is 11.6. The van der Waals surface area contributed by atoms with Gasteiger partial charge in [-0.1, -0.05) is 19.8 Å². The molecule has 1 amide bonds. The Balaban J connectivity index is 1.79. The molecule has 2 fully saturated rings. The van der Waals surface area contributed by atoms with E-state index in [4.69, 9.17) is 0 Å². The van der Waals surface area contributed by atoms with Crippen molar-refractivity contribution in [3.05, 3.63) is 0 Å². The molecule has 2 aliphatic rings. The number of carbonyl (C=O) groups excluding carboxylic acids is 1. The Hall–Kier alpha value is -0.180. The molecule has 0 aromatic rings. The van der Waals surface area contributed by atoms with Crippen LogP contribution in [-0.2, 0) is 4.79 Å². The van der Waals surface area contributed by atoms with Gasteiger partial charge in [-0.15, -0.1) is 0 Å². The largest absolute Gasteiger partial charge is 0.352 e. The second kappa shape index (κ2) is 4.13. The first kappa shape index (κ1) is 10.3. The summed E-state index contributed by atoms with van der Waals surface area (Å²) < 4.78 is 0. The molecule has 2 nitrogen and oxygen atoms in total. The van der Waals surface area contributed by atoms with Gasteiger partial charge in [0.05, 0.1) is 5.25 Å². The van der Waals surface area contributed by atoms with Crippen LogP contribution in [0.5, 0.6) is 0 Å². The van der Waals surface area contributed by atoms with Gasteiger partial charge < -0.3 is 5.32 Å². The Bertz CT molecular complexity index is 219. The van der Waals surface area contributed by atoms with E-state index in [0.717, 1.165) is 18.3 Å². The van der Waals surface area contributed by atoms with Crippen molar-refractivity contribution in [1.29, 1.82) is 0 Å². The number of hydrogen-bond donors (Lipinski definition) is 2. The molecular weight excluding hydrogens is 194 g/mol. The highest BCUT2D eigenvalue weighted by molar-refractivity contribution is 7.81. The van der Waals surface area contributed by atoms with Crippen molar-refractivity contribution in [2.45, 2.75) is 50.3 Å². The van der Waals surface area contributed by atoms with Crippen LogP contribution in [0.4, 0.5) is 0 Å². The number of amides is 1. The zero-order valence-electron chi connectivity index (χ0n) is 8.70. The Morgan fingerprint density at radius 1 is 1.43 bits per heavy atom. The fourth-order valence-corrected chi connectivity index (χ4v) is 2.73. The number of carbonyl (C=O) groups is 1. The molecule has 2 rings (SSSR count). The van der Waals surface area contributed by atoms with Gasteiger partial charge in [-0.2, -0.15) is 12.6 Å². The van der Waals surface area contributed by atoms with Crippen LogP contribution < -0.4 is 5.32 Å². The molecule has 1 N–H and O–H groups in total. The van der Waals surface area contributed by atoms with Gasteiger partial charge in [0, 0.05) is 6.04 Å². The van der Waals surface area contributed by atoms with Crippen LogP contribution in [0.25, 0.3) is 0 Å². The molecule has 0 spiro atoms. The van der Waals surface area contributed by atoms with Crippen molar-refractivity contribution in [1.82, 2.24) is 5.32 Å². The summed E-state index contributed by atoms with van der Waals surface area (Å²) in [6.45, 7) is 2.00. The quantitative estimate of drug-likeness (QED) is 0.690. The lowest BCUT2D eigenvalue weighted by atomic mass is 10.0. The summed E-state index contributed by atoms with van der Waals surface area (Å²) in [4.78, 5) is 11.6. The highest BCUT2D eigenvalue weighted by Crippen LogP contribution is 2.49. The Labute approximate surface area is 91.2 Å². The third kappa shape index (κ3) is 1.92. The third-order valence-electron chi connectivity index (χ3n) is 3.65. The monoisotopic (exact) mass is 213 g/mol. The smallest absolute Gasteiger partial charge is 0.233 e. The van der Waals surface area contributed by atoms with Gasteiger partial charge in [0.2, 0.25) is 5.91 Å². The van der Waals surface area contributed by atoms with Crippen molar-refractivity contribution >= 4 is 18.5 Å². The fraction of sp³-hybridized carbons (Fsp3) is 0.909. The van der Waals surface area contributed by atoms with Crippen molar-refractivity contribution in [3.8, 4) is 0 Å². The van der Waals surface area contributed by atoms with E-state index in [1.54, 1.807) is 0 Å². The first-order valence-corrected chi connectivity index (χ1v) is 6.24. The highest BCUT2D eigenvalue weighted by Gasteiger charge is 2.51. The molecule has 0 aromatic carbocycles. The standard InChI is InChI=1S/C11H19NOS/c1-2-9(14)11(13)12-10-7-5-3-4-6-8(7)10/h7-10,14H,2-6H2,1H3,(H,12,13). The first-order chi connectivity index (χ1) is 6.74. The zero-order chi connectivity index (χ0) is 10.1. The molecular formula is C11H19NOS. The van der Waals surface area contributed by atoms with E-state index < -0.39 is 0 Å². The first-order valence-electron chi connectivity index (χ1n) is 5.72. The van der Waals surface area contributed by atoms with Crippen molar-refractivity contribution in [2.24, 2.45) is 11.8 Å². The predicted octanol–water partition coefficient (Wildman–Crippen LogP) is 2.00. The lowest BCUT2D eigenvalue weighted by Crippen LogP contribution is -2.34. The van der Waals surface area contributed by atoms with E-state index >= 15 is 0 Å². The molecule has 0 aromatic heterocycles. The topological polar surface area (TPSA) is 29.1 Å². The van der Waals surface area contributed by atoms with Crippen LogP contribution in [0, 0.1) is 11.8 Å². The minimum absolute atomic E-state index is 0.113. The summed E-state index contributed by atoms with van der Waals surface area (Å²) in [6, 6.07) is 0.492. The number of hydrogen-bond acceptors (Lipinski definition) is 2. The van der Waals surface area contributed by atoms with E-state index in [1.807, 2.05) is 6.92 Å². The predicted molar refractivity (Wildman–Crippen MR) is 60.4 cm³/mol. The summed E-state index contributed by atoms with van der Waals surface area (Å²) >= 11 is 4.25. The van der Waals surface area contributed by atoms with Gasteiger partial charge in [-0.25, -0.2) is 0 Å². The van der Waals surface area contributed by atoms with E-state index in [0.29, 0.717) is 6.04 Å². The molecule has 0 aliphatic heterocycles. The summed E-state index contributed by atoms with van der Waals surface area (Å²) in [5.74, 6) is 1.73. The molecule has 0 heterocycles. The molecule has 3 unspecified atom stereocenters. The minimum Gasteiger partial charge on any atom is -0.352 e. The summed E-state index contributed by atoms with van der Waals surface area (Å²) in [6.07, 6.45) is 6.16. The van der Waals surface area contributed by atoms with E-state index in [2.05, 4.69) is 17.9 Å². The summed E-state index contributed by atoms with van der Waals surface area (Å²) in [5, 5.41) is 3.02. The average molecular weight is 213 g/mol. The highest BCUT2D eigenvalue weighted by atomic mass is 32.1. The van der Waals surface area contributed by atoms with E-state index in [-0.39, 0.29) is 11.2 Å². The molecule has 3 atom stereocenters. The number of fused-ring (bicyclic) bond motifs is 1. The summed E-state index contributed by atoms with van der Waals surface area (Å²) in [5.41, 5.74) is 0. The van der Waals surface area contributed by atoms with Crippen LogP contribution in [-0.4, -0.2) is 17.2 Å². The Morgan fingerprint density at radius 2 is 2.00 bits per heavy atom. The maximum atomic E-state index is 11.6. The fourth-order valence-electron chi connectivity index (χ4n) is 2.65. The molecule has 2 saturated carbocycles. The van der Waals surface area contributed by atoms with Crippen molar-refractivity contribution in [2.75, 3.05) is 0 Å². The van der Waals surface area contributed by atoms with Gasteiger partial charge in [0.1, 0.15) is 0 Å². The number of nitrogens with one attached hydrogen (secondary N) is 1. The lowest BCUT2D eigenvalue weighted by Gasteiger charge is -2.08. The molecule has 0 radical (unpaired) electrons. The second-order valence-corrected chi connectivity index (χ2v) is 5.19. The van der Waals surface area contributed by atoms with Crippen LogP contribution in [0.15, 0.2) is 0 Å². The Morgan fingerprint density at radius 3 is 2.50 bits per heavy atom. The van der Waals surface area contributed by atoms with Crippen LogP contribution >= 0.6 is 12.6 Å². The summed E-state index contributed by atoms with van der Waals surface area (Å²) in [7, 11) is 0. The van der Waals surface area contributed by atoms with Crippen molar-refractivity contribution < 1.29 is 4.79 Å². The maximum Gasteiger partial charge on any atom is 0.233 e. The molecule has 80 valence electrons. The lowest BCUT2D eigenvalue weighted by molar-refractivity contribution is -0.120. The van der Waals surface area contributed by atoms with Crippen molar-refractivity contribution in [3.63, 3.8) is 0 Å². The third-order valence-corrected chi connectivity index (χ3v) is 4.25. The molecule has 14 heavy (non-hydrogen) atoms. The van der Waals surface area contributed by atoms with Gasteiger partial charge in [0.15, 0.2) is 0 Å². The van der Waals surface area contributed by atoms with Crippen LogP contribution in [0.3, 0.4) is 0 Å². The molecule has 2 aliphatic carbocycles. The van der Waals surface area contributed by atoms with E-state index in [9.17, 15) is 4.79 Å². The molecule has 0 bridgehead atoms. The normalized spacial score (nSPS) is 37.1. The minimum atomic E-state index is -0.113. The SMILES string of the molecule is CCC(S)C(=O)NC1C2CCCCC21. The average Bonchev–Trinajstić information content (AvgIpc) is 2.91. The van der Waals surface area contributed by atoms with Gasteiger partial charge in [-0.05, 0) is 31.1 Å². The number of rotatable bonds is 3. The van der Waals surface area contributed by atoms with Gasteiger partial charge >= 0.3 is 0 Å². The number of thiol groups is 1. The van der Waals surface area contributed by atoms with Crippen LogP contribution in [0.2, 0.25) is 0 Å².